The quantitative estimate of drug-likeness (QED) is 0.528. The lowest BCUT2D eigenvalue weighted by atomic mass is 10.0. The van der Waals surface area contributed by atoms with Crippen molar-refractivity contribution in [3.63, 3.8) is 0 Å². The van der Waals surface area contributed by atoms with Crippen LogP contribution < -0.4 is 11.2 Å². The molecule has 156 valence electrons. The standard InChI is InChI=1S/C21H21N3O6/c25-12-16-18(27)19(28)20(30-16)23-10-8-17(26)24(21(23)29)11-15-14(7-4-9-22-15)13-5-2-1-3-6-13/h1-10,16,18-20,25,27-28H,11-12H2. The molecule has 9 nitrogen and oxygen atoms in total. The van der Waals surface area contributed by atoms with Crippen molar-refractivity contribution in [2.75, 3.05) is 6.61 Å². The van der Waals surface area contributed by atoms with Crippen LogP contribution in [0, 0.1) is 0 Å². The second kappa shape index (κ2) is 8.33. The summed E-state index contributed by atoms with van der Waals surface area (Å²) in [7, 11) is 0. The van der Waals surface area contributed by atoms with Crippen LogP contribution in [0.15, 0.2) is 70.5 Å². The topological polar surface area (TPSA) is 127 Å². The van der Waals surface area contributed by atoms with Crippen molar-refractivity contribution >= 4 is 0 Å². The Hall–Kier alpha value is -3.11. The summed E-state index contributed by atoms with van der Waals surface area (Å²) in [4.78, 5) is 29.8. The summed E-state index contributed by atoms with van der Waals surface area (Å²) in [5, 5.41) is 29.5. The first kappa shape index (κ1) is 20.2. The van der Waals surface area contributed by atoms with Crippen LogP contribution in [0.1, 0.15) is 11.9 Å². The van der Waals surface area contributed by atoms with Gasteiger partial charge in [0.05, 0.1) is 18.8 Å². The molecule has 1 fully saturated rings. The minimum absolute atomic E-state index is 0.0849. The molecule has 2 aromatic heterocycles. The van der Waals surface area contributed by atoms with Gasteiger partial charge in [0.25, 0.3) is 5.56 Å². The second-order valence-electron chi connectivity index (χ2n) is 7.02. The summed E-state index contributed by atoms with van der Waals surface area (Å²) in [5.41, 5.74) is 0.956. The average Bonchev–Trinajstić information content (AvgIpc) is 3.06. The molecular weight excluding hydrogens is 390 g/mol. The van der Waals surface area contributed by atoms with Crippen molar-refractivity contribution in [3.8, 4) is 11.1 Å². The van der Waals surface area contributed by atoms with Gasteiger partial charge in [0.2, 0.25) is 0 Å². The largest absolute Gasteiger partial charge is 0.394 e. The maximum Gasteiger partial charge on any atom is 0.333 e. The third kappa shape index (κ3) is 3.59. The fourth-order valence-electron chi connectivity index (χ4n) is 3.57. The molecule has 0 radical (unpaired) electrons. The highest BCUT2D eigenvalue weighted by Crippen LogP contribution is 2.28. The first-order valence-electron chi connectivity index (χ1n) is 9.45. The number of hydrogen-bond donors (Lipinski definition) is 3. The number of aliphatic hydroxyl groups excluding tert-OH is 3. The van der Waals surface area contributed by atoms with Gasteiger partial charge in [-0.2, -0.15) is 0 Å². The molecule has 4 unspecified atom stereocenters. The maximum atomic E-state index is 13.0. The first-order chi connectivity index (χ1) is 14.5. The molecule has 9 heteroatoms. The lowest BCUT2D eigenvalue weighted by molar-refractivity contribution is -0.0555. The molecule has 0 bridgehead atoms. The fourth-order valence-corrected chi connectivity index (χ4v) is 3.57. The lowest BCUT2D eigenvalue weighted by Gasteiger charge is -2.19. The van der Waals surface area contributed by atoms with Gasteiger partial charge in [-0.05, 0) is 11.6 Å². The zero-order chi connectivity index (χ0) is 21.3. The van der Waals surface area contributed by atoms with Crippen LogP contribution in [0.4, 0.5) is 0 Å². The Bertz CT molecular complexity index is 1140. The molecule has 1 aliphatic rings. The lowest BCUT2D eigenvalue weighted by Crippen LogP contribution is -2.43. The summed E-state index contributed by atoms with van der Waals surface area (Å²) in [6.07, 6.45) is -2.25. The summed E-state index contributed by atoms with van der Waals surface area (Å²) in [6, 6.07) is 14.3. The Balaban J connectivity index is 1.74. The van der Waals surface area contributed by atoms with Crippen molar-refractivity contribution in [2.24, 2.45) is 0 Å². The van der Waals surface area contributed by atoms with Crippen molar-refractivity contribution in [1.29, 1.82) is 0 Å². The van der Waals surface area contributed by atoms with E-state index in [2.05, 4.69) is 4.98 Å². The number of ether oxygens (including phenoxy) is 1. The van der Waals surface area contributed by atoms with E-state index in [4.69, 9.17) is 4.74 Å². The number of aromatic nitrogens is 3. The van der Waals surface area contributed by atoms with Gasteiger partial charge in [0.15, 0.2) is 6.23 Å². The fraction of sp³-hybridized carbons (Fsp3) is 0.286. The molecule has 0 spiro atoms. The van der Waals surface area contributed by atoms with Crippen LogP contribution in [-0.4, -0.2) is 54.4 Å². The van der Waals surface area contributed by atoms with Crippen molar-refractivity contribution in [2.45, 2.75) is 31.1 Å². The number of hydrogen-bond acceptors (Lipinski definition) is 7. The highest BCUT2D eigenvalue weighted by Gasteiger charge is 2.43. The zero-order valence-electron chi connectivity index (χ0n) is 15.9. The smallest absolute Gasteiger partial charge is 0.333 e. The molecule has 3 heterocycles. The van der Waals surface area contributed by atoms with Crippen molar-refractivity contribution in [3.05, 3.63) is 87.5 Å². The van der Waals surface area contributed by atoms with Gasteiger partial charge in [-0.3, -0.25) is 18.9 Å². The third-order valence-corrected chi connectivity index (χ3v) is 5.17. The van der Waals surface area contributed by atoms with E-state index in [-0.39, 0.29) is 6.54 Å². The van der Waals surface area contributed by atoms with Crippen LogP contribution in [0.2, 0.25) is 0 Å². The highest BCUT2D eigenvalue weighted by atomic mass is 16.6. The minimum atomic E-state index is -1.43. The van der Waals surface area contributed by atoms with E-state index in [1.165, 1.54) is 12.3 Å². The second-order valence-corrected chi connectivity index (χ2v) is 7.02. The highest BCUT2D eigenvalue weighted by molar-refractivity contribution is 5.65. The van der Waals surface area contributed by atoms with E-state index in [9.17, 15) is 24.9 Å². The van der Waals surface area contributed by atoms with Gasteiger partial charge in [-0.25, -0.2) is 4.79 Å². The third-order valence-electron chi connectivity index (χ3n) is 5.17. The Labute approximate surface area is 171 Å². The molecule has 1 aromatic carbocycles. The van der Waals surface area contributed by atoms with Crippen LogP contribution in [0.3, 0.4) is 0 Å². The van der Waals surface area contributed by atoms with E-state index < -0.39 is 42.4 Å². The number of benzene rings is 1. The van der Waals surface area contributed by atoms with Crippen LogP contribution in [0.25, 0.3) is 11.1 Å². The molecule has 4 atom stereocenters. The molecule has 3 N–H and O–H groups in total. The number of aliphatic hydroxyl groups is 3. The normalized spacial score (nSPS) is 23.6. The van der Waals surface area contributed by atoms with Gasteiger partial charge in [-0.1, -0.05) is 36.4 Å². The zero-order valence-corrected chi connectivity index (χ0v) is 15.9. The number of nitrogens with zero attached hydrogens (tertiary/aromatic N) is 3. The van der Waals surface area contributed by atoms with Gasteiger partial charge < -0.3 is 20.1 Å². The molecular formula is C21H21N3O6. The molecule has 0 amide bonds. The molecule has 0 saturated carbocycles. The van der Waals surface area contributed by atoms with E-state index in [0.717, 1.165) is 20.3 Å². The Morgan fingerprint density at radius 2 is 1.77 bits per heavy atom. The van der Waals surface area contributed by atoms with Gasteiger partial charge >= 0.3 is 5.69 Å². The van der Waals surface area contributed by atoms with Gasteiger partial charge in [-0.15, -0.1) is 0 Å². The maximum absolute atomic E-state index is 13.0. The monoisotopic (exact) mass is 411 g/mol. The summed E-state index contributed by atoms with van der Waals surface area (Å²) >= 11 is 0. The predicted octanol–water partition coefficient (Wildman–Crippen LogP) is -0.268. The molecule has 0 aliphatic carbocycles. The molecule has 4 rings (SSSR count). The predicted molar refractivity (Wildman–Crippen MR) is 107 cm³/mol. The molecule has 30 heavy (non-hydrogen) atoms. The summed E-state index contributed by atoms with van der Waals surface area (Å²) in [6.45, 7) is -0.601. The number of pyridine rings is 1. The summed E-state index contributed by atoms with van der Waals surface area (Å²) < 4.78 is 7.45. The van der Waals surface area contributed by atoms with Gasteiger partial charge in [0.1, 0.15) is 18.3 Å². The first-order valence-corrected chi connectivity index (χ1v) is 9.45. The average molecular weight is 411 g/mol. The van der Waals surface area contributed by atoms with Crippen LogP contribution in [-0.2, 0) is 11.3 Å². The van der Waals surface area contributed by atoms with Crippen LogP contribution in [0.5, 0.6) is 0 Å². The SMILES string of the molecule is O=c1ccn(C2OC(CO)C(O)C2O)c(=O)n1Cc1ncccc1-c1ccccc1. The van der Waals surface area contributed by atoms with E-state index in [1.54, 1.807) is 12.3 Å². The van der Waals surface area contributed by atoms with Crippen LogP contribution >= 0.6 is 0 Å². The van der Waals surface area contributed by atoms with Crippen molar-refractivity contribution in [1.82, 2.24) is 14.1 Å². The number of rotatable bonds is 5. The Morgan fingerprint density at radius 1 is 1.00 bits per heavy atom. The minimum Gasteiger partial charge on any atom is -0.394 e. The molecule has 1 aliphatic heterocycles. The summed E-state index contributed by atoms with van der Waals surface area (Å²) in [5.74, 6) is 0. The van der Waals surface area contributed by atoms with Crippen molar-refractivity contribution < 1.29 is 20.1 Å². The van der Waals surface area contributed by atoms with Gasteiger partial charge in [0, 0.05) is 24.0 Å². The Kier molecular flexibility index (Phi) is 5.60. The molecule has 3 aromatic rings. The van der Waals surface area contributed by atoms with E-state index >= 15 is 0 Å². The van der Waals surface area contributed by atoms with E-state index in [0.29, 0.717) is 5.69 Å². The molecule has 1 saturated heterocycles. The Morgan fingerprint density at radius 3 is 2.47 bits per heavy atom. The van der Waals surface area contributed by atoms with E-state index in [1.807, 2.05) is 36.4 Å².